The number of aromatic nitrogens is 3. The maximum Gasteiger partial charge on any atom is 0.191 e. The lowest BCUT2D eigenvalue weighted by molar-refractivity contribution is -0.0631. The SMILES string of the molecule is Cn1cnnc1SC1CC(C)(C)OC1(C)C. The van der Waals surface area contributed by atoms with Crippen molar-refractivity contribution in [3.8, 4) is 0 Å². The molecule has 1 aromatic rings. The second-order valence-corrected chi connectivity index (χ2v) is 6.67. The number of thioether (sulfide) groups is 1. The van der Waals surface area contributed by atoms with Gasteiger partial charge < -0.3 is 9.30 Å². The molecule has 2 rings (SSSR count). The van der Waals surface area contributed by atoms with Crippen LogP contribution in [0.2, 0.25) is 0 Å². The molecular formula is C11H19N3OS. The normalized spacial score (nSPS) is 27.2. The highest BCUT2D eigenvalue weighted by Crippen LogP contribution is 2.45. The minimum Gasteiger partial charge on any atom is -0.368 e. The van der Waals surface area contributed by atoms with E-state index in [-0.39, 0.29) is 11.2 Å². The van der Waals surface area contributed by atoms with E-state index < -0.39 is 0 Å². The van der Waals surface area contributed by atoms with Crippen LogP contribution in [0.4, 0.5) is 0 Å². The summed E-state index contributed by atoms with van der Waals surface area (Å²) < 4.78 is 8.01. The molecule has 16 heavy (non-hydrogen) atoms. The van der Waals surface area contributed by atoms with Crippen molar-refractivity contribution < 1.29 is 4.74 Å². The summed E-state index contributed by atoms with van der Waals surface area (Å²) in [6, 6.07) is 0. The van der Waals surface area contributed by atoms with Gasteiger partial charge in [0.2, 0.25) is 0 Å². The lowest BCUT2D eigenvalue weighted by Crippen LogP contribution is -2.31. The van der Waals surface area contributed by atoms with Gasteiger partial charge >= 0.3 is 0 Å². The molecule has 0 aliphatic carbocycles. The summed E-state index contributed by atoms with van der Waals surface area (Å²) in [6.07, 6.45) is 2.77. The molecule has 0 aromatic carbocycles. The Morgan fingerprint density at radius 3 is 2.56 bits per heavy atom. The van der Waals surface area contributed by atoms with E-state index in [4.69, 9.17) is 4.74 Å². The Bertz CT molecular complexity index is 386. The van der Waals surface area contributed by atoms with E-state index in [2.05, 4.69) is 37.9 Å². The molecule has 4 nitrogen and oxygen atoms in total. The zero-order chi connectivity index (χ0) is 12.0. The fourth-order valence-electron chi connectivity index (χ4n) is 2.20. The molecule has 0 bridgehead atoms. The summed E-state index contributed by atoms with van der Waals surface area (Å²) in [5, 5.41) is 9.39. The van der Waals surface area contributed by atoms with Crippen LogP contribution < -0.4 is 0 Å². The Morgan fingerprint density at radius 2 is 2.12 bits per heavy atom. The lowest BCUT2D eigenvalue weighted by Gasteiger charge is -2.26. The molecule has 0 amide bonds. The van der Waals surface area contributed by atoms with Gasteiger partial charge in [0.25, 0.3) is 0 Å². The van der Waals surface area contributed by atoms with E-state index in [1.165, 1.54) is 0 Å². The van der Waals surface area contributed by atoms with Gasteiger partial charge in [-0.15, -0.1) is 10.2 Å². The van der Waals surface area contributed by atoms with Crippen LogP contribution in [0.5, 0.6) is 0 Å². The first kappa shape index (κ1) is 11.9. The molecule has 1 aliphatic rings. The lowest BCUT2D eigenvalue weighted by atomic mass is 10.0. The molecule has 2 heterocycles. The first-order valence-electron chi connectivity index (χ1n) is 5.51. The second kappa shape index (κ2) is 3.74. The molecule has 0 saturated carbocycles. The van der Waals surface area contributed by atoms with E-state index in [1.807, 2.05) is 11.6 Å². The van der Waals surface area contributed by atoms with Crippen molar-refractivity contribution >= 4 is 11.8 Å². The van der Waals surface area contributed by atoms with Crippen LogP contribution in [0, 0.1) is 0 Å². The van der Waals surface area contributed by atoms with Crippen LogP contribution in [-0.2, 0) is 11.8 Å². The highest BCUT2D eigenvalue weighted by molar-refractivity contribution is 7.99. The molecule has 1 atom stereocenters. The first-order valence-corrected chi connectivity index (χ1v) is 6.39. The van der Waals surface area contributed by atoms with Crippen molar-refractivity contribution in [1.82, 2.24) is 14.8 Å². The average Bonchev–Trinajstić information content (AvgIpc) is 2.56. The van der Waals surface area contributed by atoms with E-state index in [0.717, 1.165) is 11.6 Å². The van der Waals surface area contributed by atoms with Crippen molar-refractivity contribution in [1.29, 1.82) is 0 Å². The molecule has 1 unspecified atom stereocenters. The summed E-state index contributed by atoms with van der Waals surface area (Å²) in [6.45, 7) is 8.59. The number of rotatable bonds is 2. The zero-order valence-electron chi connectivity index (χ0n) is 10.5. The maximum absolute atomic E-state index is 6.06. The van der Waals surface area contributed by atoms with Gasteiger partial charge in [-0.1, -0.05) is 11.8 Å². The smallest absolute Gasteiger partial charge is 0.191 e. The average molecular weight is 241 g/mol. The molecule has 0 N–H and O–H groups in total. The van der Waals surface area contributed by atoms with Crippen molar-refractivity contribution in [3.63, 3.8) is 0 Å². The molecule has 0 radical (unpaired) electrons. The summed E-state index contributed by atoms with van der Waals surface area (Å²) in [5.41, 5.74) is -0.153. The van der Waals surface area contributed by atoms with Gasteiger partial charge in [0.05, 0.1) is 11.2 Å². The third kappa shape index (κ3) is 2.25. The minimum atomic E-state index is -0.111. The van der Waals surface area contributed by atoms with Crippen LogP contribution in [0.25, 0.3) is 0 Å². The Balaban J connectivity index is 2.14. The molecule has 1 aliphatic heterocycles. The van der Waals surface area contributed by atoms with Crippen LogP contribution in [0.3, 0.4) is 0 Å². The van der Waals surface area contributed by atoms with Crippen molar-refractivity contribution in [2.75, 3.05) is 0 Å². The monoisotopic (exact) mass is 241 g/mol. The predicted octanol–water partition coefficient (Wildman–Crippen LogP) is 2.25. The number of hydrogen-bond donors (Lipinski definition) is 0. The molecule has 1 saturated heterocycles. The van der Waals surface area contributed by atoms with Crippen molar-refractivity contribution in [2.24, 2.45) is 7.05 Å². The topological polar surface area (TPSA) is 39.9 Å². The summed E-state index contributed by atoms with van der Waals surface area (Å²) in [4.78, 5) is 0. The highest BCUT2D eigenvalue weighted by Gasteiger charge is 2.46. The van der Waals surface area contributed by atoms with Gasteiger partial charge in [0.15, 0.2) is 5.16 Å². The number of hydrogen-bond acceptors (Lipinski definition) is 4. The van der Waals surface area contributed by atoms with E-state index >= 15 is 0 Å². The van der Waals surface area contributed by atoms with Gasteiger partial charge in [-0.2, -0.15) is 0 Å². The van der Waals surface area contributed by atoms with Gasteiger partial charge in [-0.25, -0.2) is 0 Å². The van der Waals surface area contributed by atoms with E-state index in [1.54, 1.807) is 18.1 Å². The molecule has 5 heteroatoms. The van der Waals surface area contributed by atoms with Crippen LogP contribution in [0.15, 0.2) is 11.5 Å². The summed E-state index contributed by atoms with van der Waals surface area (Å²) >= 11 is 1.76. The predicted molar refractivity (Wildman–Crippen MR) is 64.5 cm³/mol. The largest absolute Gasteiger partial charge is 0.368 e. The Morgan fingerprint density at radius 1 is 1.44 bits per heavy atom. The Kier molecular flexibility index (Phi) is 2.78. The molecular weight excluding hydrogens is 222 g/mol. The van der Waals surface area contributed by atoms with Gasteiger partial charge in [-0.3, -0.25) is 0 Å². The second-order valence-electron chi connectivity index (χ2n) is 5.50. The quantitative estimate of drug-likeness (QED) is 0.796. The van der Waals surface area contributed by atoms with E-state index in [9.17, 15) is 0 Å². The number of nitrogens with zero attached hydrogens (tertiary/aromatic N) is 3. The van der Waals surface area contributed by atoms with Crippen molar-refractivity contribution in [2.45, 2.75) is 55.7 Å². The van der Waals surface area contributed by atoms with Gasteiger partial charge in [0, 0.05) is 12.3 Å². The fourth-order valence-corrected chi connectivity index (χ4v) is 3.58. The third-order valence-electron chi connectivity index (χ3n) is 2.91. The van der Waals surface area contributed by atoms with Gasteiger partial charge in [0.1, 0.15) is 6.33 Å². The maximum atomic E-state index is 6.06. The molecule has 0 spiro atoms. The van der Waals surface area contributed by atoms with Crippen LogP contribution >= 0.6 is 11.8 Å². The highest BCUT2D eigenvalue weighted by atomic mass is 32.2. The number of ether oxygens (including phenoxy) is 1. The molecule has 1 aromatic heterocycles. The first-order chi connectivity index (χ1) is 7.30. The van der Waals surface area contributed by atoms with Crippen LogP contribution in [0.1, 0.15) is 34.1 Å². The molecule has 90 valence electrons. The van der Waals surface area contributed by atoms with E-state index in [0.29, 0.717) is 5.25 Å². The minimum absolute atomic E-state index is 0.0419. The third-order valence-corrected chi connectivity index (χ3v) is 4.51. The van der Waals surface area contributed by atoms with Crippen molar-refractivity contribution in [3.05, 3.63) is 6.33 Å². The Labute approximate surface area is 101 Å². The van der Waals surface area contributed by atoms with Crippen LogP contribution in [-0.4, -0.2) is 31.2 Å². The standard InChI is InChI=1S/C11H19N3OS/c1-10(2)6-8(11(3,4)15-10)16-9-13-12-7-14(9)5/h7-8H,6H2,1-5H3. The summed E-state index contributed by atoms with van der Waals surface area (Å²) in [5.74, 6) is 0. The zero-order valence-corrected chi connectivity index (χ0v) is 11.3. The van der Waals surface area contributed by atoms with Gasteiger partial charge in [-0.05, 0) is 34.1 Å². The fraction of sp³-hybridized carbons (Fsp3) is 0.818. The summed E-state index contributed by atoms with van der Waals surface area (Å²) in [7, 11) is 1.97. The number of aryl methyl sites for hydroxylation is 1. The molecule has 1 fully saturated rings. The Hall–Kier alpha value is -0.550.